The third kappa shape index (κ3) is 2.05. The summed E-state index contributed by atoms with van der Waals surface area (Å²) >= 11 is 0. The fraction of sp³-hybridized carbons (Fsp3) is 0.200. The second-order valence-electron chi connectivity index (χ2n) is 3.19. The highest BCUT2D eigenvalue weighted by Crippen LogP contribution is 2.11. The maximum absolute atomic E-state index is 10.9. The zero-order valence-electron chi connectivity index (χ0n) is 8.57. The molecule has 0 aliphatic heterocycles. The fourth-order valence-corrected chi connectivity index (χ4v) is 1.35. The summed E-state index contributed by atoms with van der Waals surface area (Å²) in [6.07, 6.45) is -0.504. The van der Waals surface area contributed by atoms with Gasteiger partial charge in [0.25, 0.3) is 0 Å². The van der Waals surface area contributed by atoms with Gasteiger partial charge in [0.1, 0.15) is 0 Å². The molecule has 2 N–H and O–H groups in total. The van der Waals surface area contributed by atoms with Gasteiger partial charge in [0.2, 0.25) is 0 Å². The third-order valence-corrected chi connectivity index (χ3v) is 2.11. The van der Waals surface area contributed by atoms with E-state index in [1.165, 1.54) is 7.11 Å². The SMILES string of the molecule is COC(=O)NCc1ccc2[nH]c(=O)oc2c1. The van der Waals surface area contributed by atoms with Crippen molar-refractivity contribution in [3.63, 3.8) is 0 Å². The number of hydrogen-bond acceptors (Lipinski definition) is 4. The van der Waals surface area contributed by atoms with Crippen LogP contribution in [0.1, 0.15) is 5.56 Å². The molecule has 0 radical (unpaired) electrons. The Morgan fingerprint density at radius 1 is 1.56 bits per heavy atom. The van der Waals surface area contributed by atoms with Crippen LogP contribution in [0.5, 0.6) is 0 Å². The van der Waals surface area contributed by atoms with Gasteiger partial charge in [-0.15, -0.1) is 0 Å². The number of fused-ring (bicyclic) bond motifs is 1. The number of oxazole rings is 1. The van der Waals surface area contributed by atoms with Crippen molar-refractivity contribution >= 4 is 17.2 Å². The first-order valence-corrected chi connectivity index (χ1v) is 4.62. The summed E-state index contributed by atoms with van der Waals surface area (Å²) in [5.41, 5.74) is 1.92. The molecule has 84 valence electrons. The van der Waals surface area contributed by atoms with E-state index in [9.17, 15) is 9.59 Å². The standard InChI is InChI=1S/C10H10N2O4/c1-15-9(13)11-5-6-2-3-7-8(4-6)16-10(14)12-7/h2-4H,5H2,1H3,(H,11,13)(H,12,14). The number of methoxy groups -OCH3 is 1. The number of benzene rings is 1. The number of rotatable bonds is 2. The zero-order chi connectivity index (χ0) is 11.5. The van der Waals surface area contributed by atoms with E-state index in [-0.39, 0.29) is 0 Å². The van der Waals surface area contributed by atoms with E-state index in [1.54, 1.807) is 18.2 Å². The van der Waals surface area contributed by atoms with Gasteiger partial charge in [-0.1, -0.05) is 6.07 Å². The molecular formula is C10H10N2O4. The lowest BCUT2D eigenvalue weighted by Crippen LogP contribution is -2.22. The largest absolute Gasteiger partial charge is 0.453 e. The van der Waals surface area contributed by atoms with Crippen LogP contribution in [0.25, 0.3) is 11.1 Å². The van der Waals surface area contributed by atoms with Gasteiger partial charge in [-0.05, 0) is 17.7 Å². The number of ether oxygens (including phenoxy) is 1. The summed E-state index contributed by atoms with van der Waals surface area (Å²) in [5, 5.41) is 2.53. The Balaban J connectivity index is 2.19. The van der Waals surface area contributed by atoms with Crippen molar-refractivity contribution in [1.29, 1.82) is 0 Å². The minimum Gasteiger partial charge on any atom is -0.453 e. The molecule has 0 atom stereocenters. The predicted octanol–water partition coefficient (Wildman–Crippen LogP) is 0.977. The lowest BCUT2D eigenvalue weighted by atomic mass is 10.2. The van der Waals surface area contributed by atoms with Crippen LogP contribution in [-0.4, -0.2) is 18.2 Å². The number of carbonyl (C=O) groups excluding carboxylic acids is 1. The summed E-state index contributed by atoms with van der Waals surface area (Å²) in [7, 11) is 1.30. The van der Waals surface area contributed by atoms with E-state index in [1.807, 2.05) is 0 Å². The third-order valence-electron chi connectivity index (χ3n) is 2.11. The molecule has 1 amide bonds. The second kappa shape index (κ2) is 4.09. The van der Waals surface area contributed by atoms with Gasteiger partial charge < -0.3 is 14.5 Å². The molecule has 0 fully saturated rings. The molecule has 16 heavy (non-hydrogen) atoms. The van der Waals surface area contributed by atoms with Crippen molar-refractivity contribution in [2.24, 2.45) is 0 Å². The number of aromatic nitrogens is 1. The van der Waals surface area contributed by atoms with E-state index in [0.29, 0.717) is 17.6 Å². The van der Waals surface area contributed by atoms with Gasteiger partial charge in [-0.3, -0.25) is 4.98 Å². The Labute approximate surface area is 90.2 Å². The highest BCUT2D eigenvalue weighted by Gasteiger charge is 2.03. The predicted molar refractivity (Wildman–Crippen MR) is 56.1 cm³/mol. The minimum atomic E-state index is -0.504. The Kier molecular flexibility index (Phi) is 2.63. The Morgan fingerprint density at radius 3 is 3.12 bits per heavy atom. The molecule has 6 nitrogen and oxygen atoms in total. The highest BCUT2D eigenvalue weighted by atomic mass is 16.5. The number of H-pyrrole nitrogens is 1. The zero-order valence-corrected chi connectivity index (χ0v) is 8.57. The molecule has 1 heterocycles. The average Bonchev–Trinajstić information content (AvgIpc) is 2.65. The van der Waals surface area contributed by atoms with Gasteiger partial charge in [-0.2, -0.15) is 0 Å². The molecule has 6 heteroatoms. The lowest BCUT2D eigenvalue weighted by Gasteiger charge is -2.02. The molecular weight excluding hydrogens is 212 g/mol. The van der Waals surface area contributed by atoms with Crippen molar-refractivity contribution in [3.8, 4) is 0 Å². The highest BCUT2D eigenvalue weighted by molar-refractivity contribution is 5.73. The van der Waals surface area contributed by atoms with Crippen LogP contribution >= 0.6 is 0 Å². The first-order chi connectivity index (χ1) is 7.69. The van der Waals surface area contributed by atoms with Crippen LogP contribution in [0.2, 0.25) is 0 Å². The molecule has 1 aromatic carbocycles. The Hall–Kier alpha value is -2.24. The van der Waals surface area contributed by atoms with Gasteiger partial charge in [0, 0.05) is 6.54 Å². The van der Waals surface area contributed by atoms with Crippen molar-refractivity contribution in [2.45, 2.75) is 6.54 Å². The smallest absolute Gasteiger partial charge is 0.417 e. The van der Waals surface area contributed by atoms with Crippen LogP contribution in [0.15, 0.2) is 27.4 Å². The van der Waals surface area contributed by atoms with Crippen LogP contribution in [-0.2, 0) is 11.3 Å². The minimum absolute atomic E-state index is 0.317. The molecule has 0 spiro atoms. The number of alkyl carbamates (subject to hydrolysis) is 1. The normalized spacial score (nSPS) is 10.3. The first-order valence-electron chi connectivity index (χ1n) is 4.62. The van der Waals surface area contributed by atoms with Gasteiger partial charge in [0.05, 0.1) is 12.6 Å². The fourth-order valence-electron chi connectivity index (χ4n) is 1.35. The van der Waals surface area contributed by atoms with Crippen LogP contribution in [0.3, 0.4) is 0 Å². The van der Waals surface area contributed by atoms with E-state index in [4.69, 9.17) is 4.42 Å². The molecule has 0 unspecified atom stereocenters. The first kappa shape index (κ1) is 10.3. The molecule has 2 rings (SSSR count). The van der Waals surface area contributed by atoms with E-state index >= 15 is 0 Å². The number of amides is 1. The Bertz CT molecular complexity index is 569. The quantitative estimate of drug-likeness (QED) is 0.793. The number of carbonyl (C=O) groups is 1. The molecule has 0 saturated heterocycles. The monoisotopic (exact) mass is 222 g/mol. The summed E-state index contributed by atoms with van der Waals surface area (Å²) in [5.74, 6) is -0.493. The second-order valence-corrected chi connectivity index (χ2v) is 3.19. The van der Waals surface area contributed by atoms with E-state index < -0.39 is 11.8 Å². The maximum Gasteiger partial charge on any atom is 0.417 e. The summed E-state index contributed by atoms with van der Waals surface area (Å²) in [6.45, 7) is 0.317. The number of nitrogens with one attached hydrogen (secondary N) is 2. The summed E-state index contributed by atoms with van der Waals surface area (Å²) in [6, 6.07) is 5.18. The summed E-state index contributed by atoms with van der Waals surface area (Å²) in [4.78, 5) is 24.3. The summed E-state index contributed by atoms with van der Waals surface area (Å²) < 4.78 is 9.32. The van der Waals surface area contributed by atoms with Crippen molar-refractivity contribution in [2.75, 3.05) is 7.11 Å². The van der Waals surface area contributed by atoms with E-state index in [0.717, 1.165) is 5.56 Å². The van der Waals surface area contributed by atoms with Crippen LogP contribution < -0.4 is 11.1 Å². The molecule has 0 bridgehead atoms. The topological polar surface area (TPSA) is 84.3 Å². The molecule has 0 aliphatic carbocycles. The Morgan fingerprint density at radius 2 is 2.38 bits per heavy atom. The van der Waals surface area contributed by atoms with Crippen molar-refractivity contribution in [1.82, 2.24) is 10.3 Å². The lowest BCUT2D eigenvalue weighted by molar-refractivity contribution is 0.170. The number of hydrogen-bond donors (Lipinski definition) is 2. The van der Waals surface area contributed by atoms with Crippen molar-refractivity contribution < 1.29 is 13.9 Å². The van der Waals surface area contributed by atoms with Gasteiger partial charge in [-0.25, -0.2) is 9.59 Å². The molecule has 0 aliphatic rings. The molecule has 1 aromatic heterocycles. The number of aromatic amines is 1. The van der Waals surface area contributed by atoms with Crippen molar-refractivity contribution in [3.05, 3.63) is 34.3 Å². The van der Waals surface area contributed by atoms with Gasteiger partial charge >= 0.3 is 11.8 Å². The molecule has 0 saturated carbocycles. The van der Waals surface area contributed by atoms with Crippen LogP contribution in [0, 0.1) is 0 Å². The average molecular weight is 222 g/mol. The maximum atomic E-state index is 10.9. The van der Waals surface area contributed by atoms with Crippen LogP contribution in [0.4, 0.5) is 4.79 Å². The molecule has 2 aromatic rings. The van der Waals surface area contributed by atoms with Gasteiger partial charge in [0.15, 0.2) is 5.58 Å². The van der Waals surface area contributed by atoms with E-state index in [2.05, 4.69) is 15.0 Å².